The highest BCUT2D eigenvalue weighted by Gasteiger charge is 2.60. The number of fused-ring (bicyclic) bond motifs is 1. The molecule has 6 rings (SSSR count). The van der Waals surface area contributed by atoms with Gasteiger partial charge in [-0.3, -0.25) is 14.5 Å². The van der Waals surface area contributed by atoms with E-state index in [1.807, 2.05) is 15.9 Å². The highest BCUT2D eigenvalue weighted by molar-refractivity contribution is 6.15. The molecule has 2 aromatic rings. The molecule has 0 radical (unpaired) electrons. The SMILES string of the molecule is CC(C)C1(N2C(=O)[C@]3(CCNC3=O)Cc3cnc(Nc4ccc(N5CCNCC5)c(F)c4)nc32)CCC1. The van der Waals surface area contributed by atoms with Crippen LogP contribution in [0.1, 0.15) is 45.1 Å². The smallest absolute Gasteiger partial charge is 0.244 e. The van der Waals surface area contributed by atoms with Crippen LogP contribution in [0.25, 0.3) is 0 Å². The van der Waals surface area contributed by atoms with Gasteiger partial charge in [0.2, 0.25) is 17.8 Å². The largest absolute Gasteiger partial charge is 0.367 e. The van der Waals surface area contributed by atoms with E-state index in [1.165, 1.54) is 6.07 Å². The number of piperazine rings is 1. The van der Waals surface area contributed by atoms with Gasteiger partial charge in [0, 0.05) is 56.6 Å². The van der Waals surface area contributed by atoms with Gasteiger partial charge in [0.1, 0.15) is 17.1 Å². The van der Waals surface area contributed by atoms with Crippen molar-refractivity contribution in [3.05, 3.63) is 35.8 Å². The third-order valence-electron chi connectivity index (χ3n) is 8.83. The number of nitrogens with zero attached hydrogens (tertiary/aromatic N) is 4. The average Bonchev–Trinajstić information content (AvgIpc) is 3.22. The third-order valence-corrected chi connectivity index (χ3v) is 8.83. The zero-order chi connectivity index (χ0) is 25.8. The maximum atomic E-state index is 15.0. The number of halogens is 1. The molecule has 4 aliphatic rings. The summed E-state index contributed by atoms with van der Waals surface area (Å²) in [6, 6.07) is 5.07. The topological polar surface area (TPSA) is 102 Å². The summed E-state index contributed by atoms with van der Waals surface area (Å²) >= 11 is 0. The molecule has 1 aliphatic carbocycles. The third kappa shape index (κ3) is 3.75. The number of hydrogen-bond donors (Lipinski definition) is 3. The molecule has 1 saturated carbocycles. The summed E-state index contributed by atoms with van der Waals surface area (Å²) in [5, 5.41) is 9.29. The number of nitrogens with one attached hydrogen (secondary N) is 3. The summed E-state index contributed by atoms with van der Waals surface area (Å²) in [7, 11) is 0. The number of rotatable bonds is 5. The maximum Gasteiger partial charge on any atom is 0.244 e. The summed E-state index contributed by atoms with van der Waals surface area (Å²) in [6.07, 6.45) is 5.28. The second kappa shape index (κ2) is 8.93. The lowest BCUT2D eigenvalue weighted by atomic mass is 9.65. The van der Waals surface area contributed by atoms with Gasteiger partial charge in [-0.25, -0.2) is 9.37 Å². The lowest BCUT2D eigenvalue weighted by molar-refractivity contribution is -0.141. The zero-order valence-electron chi connectivity index (χ0n) is 21.4. The van der Waals surface area contributed by atoms with Crippen LogP contribution in [0.15, 0.2) is 24.4 Å². The van der Waals surface area contributed by atoms with Crippen molar-refractivity contribution in [3.63, 3.8) is 0 Å². The Morgan fingerprint density at radius 1 is 1.11 bits per heavy atom. The monoisotopic (exact) mass is 507 g/mol. The maximum absolute atomic E-state index is 15.0. The minimum Gasteiger partial charge on any atom is -0.367 e. The van der Waals surface area contributed by atoms with Gasteiger partial charge in [-0.1, -0.05) is 13.8 Å². The first-order valence-corrected chi connectivity index (χ1v) is 13.4. The minimum absolute atomic E-state index is 0.153. The summed E-state index contributed by atoms with van der Waals surface area (Å²) in [5.41, 5.74) is 0.462. The Balaban J connectivity index is 1.34. The Bertz CT molecular complexity index is 1240. The highest BCUT2D eigenvalue weighted by Crippen LogP contribution is 2.51. The number of aromatic nitrogens is 2. The van der Waals surface area contributed by atoms with Crippen molar-refractivity contribution in [3.8, 4) is 0 Å². The predicted molar refractivity (Wildman–Crippen MR) is 139 cm³/mol. The molecule has 10 heteroatoms. The van der Waals surface area contributed by atoms with Crippen molar-refractivity contribution in [2.75, 3.05) is 47.8 Å². The molecule has 0 bridgehead atoms. The van der Waals surface area contributed by atoms with E-state index >= 15 is 0 Å². The fraction of sp³-hybridized carbons (Fsp3) is 0.556. The van der Waals surface area contributed by atoms with E-state index in [9.17, 15) is 14.0 Å². The Labute approximate surface area is 216 Å². The van der Waals surface area contributed by atoms with Crippen molar-refractivity contribution in [2.24, 2.45) is 11.3 Å². The van der Waals surface area contributed by atoms with Crippen molar-refractivity contribution in [2.45, 2.75) is 51.5 Å². The van der Waals surface area contributed by atoms with Crippen LogP contribution in [0, 0.1) is 17.2 Å². The predicted octanol–water partition coefficient (Wildman–Crippen LogP) is 2.74. The molecule has 1 aromatic heterocycles. The number of carbonyl (C=O) groups is 2. The second-order valence-corrected chi connectivity index (χ2v) is 11.1. The molecule has 1 spiro atoms. The van der Waals surface area contributed by atoms with Crippen LogP contribution in [0.2, 0.25) is 0 Å². The summed E-state index contributed by atoms with van der Waals surface area (Å²) < 4.78 is 15.0. The van der Waals surface area contributed by atoms with Gasteiger partial charge in [-0.15, -0.1) is 0 Å². The molecule has 196 valence electrons. The van der Waals surface area contributed by atoms with Crippen LogP contribution in [0.4, 0.5) is 27.5 Å². The van der Waals surface area contributed by atoms with Gasteiger partial charge in [0.25, 0.3) is 0 Å². The van der Waals surface area contributed by atoms with Gasteiger partial charge >= 0.3 is 0 Å². The molecule has 1 aromatic carbocycles. The Hall–Kier alpha value is -3.27. The van der Waals surface area contributed by atoms with E-state index in [1.54, 1.807) is 12.3 Å². The molecule has 3 aliphatic heterocycles. The standard InChI is InChI=1S/C27H34FN7O2/c1-17(2)27(6-3-7-27)35-22-18(15-26(24(35)37)8-9-30-23(26)36)16-31-25(33-22)32-19-4-5-21(20(28)14-19)34-12-10-29-11-13-34/h4-5,14,16-17,29H,3,6-13,15H2,1-2H3,(H,30,36)(H,31,32,33)/t26-/m1/s1. The minimum atomic E-state index is -1.09. The van der Waals surface area contributed by atoms with E-state index in [0.29, 0.717) is 42.5 Å². The van der Waals surface area contributed by atoms with Gasteiger partial charge < -0.3 is 20.9 Å². The molecule has 2 amide bonds. The molecule has 9 nitrogen and oxygen atoms in total. The molecular formula is C27H34FN7O2. The first-order chi connectivity index (χ1) is 17.8. The molecule has 2 saturated heterocycles. The number of hydrogen-bond acceptors (Lipinski definition) is 7. The molecule has 1 atom stereocenters. The van der Waals surface area contributed by atoms with Crippen LogP contribution in [0.5, 0.6) is 0 Å². The molecule has 4 heterocycles. The molecule has 3 fully saturated rings. The number of carbonyl (C=O) groups excluding carboxylic acids is 2. The summed E-state index contributed by atoms with van der Waals surface area (Å²) in [5.74, 6) is 0.419. The Kier molecular flexibility index (Phi) is 5.82. The lowest BCUT2D eigenvalue weighted by Crippen LogP contribution is -2.66. The number of benzene rings is 1. The fourth-order valence-corrected chi connectivity index (χ4v) is 6.42. The molecule has 3 N–H and O–H groups in total. The van der Waals surface area contributed by atoms with Crippen molar-refractivity contribution in [1.29, 1.82) is 0 Å². The Morgan fingerprint density at radius 2 is 1.89 bits per heavy atom. The van der Waals surface area contributed by atoms with Crippen LogP contribution < -0.4 is 25.8 Å². The number of anilines is 4. The van der Waals surface area contributed by atoms with E-state index < -0.39 is 5.41 Å². The molecule has 37 heavy (non-hydrogen) atoms. The van der Waals surface area contributed by atoms with Crippen molar-refractivity contribution in [1.82, 2.24) is 20.6 Å². The van der Waals surface area contributed by atoms with E-state index in [2.05, 4.69) is 34.8 Å². The van der Waals surface area contributed by atoms with Crippen molar-refractivity contribution < 1.29 is 14.0 Å². The van der Waals surface area contributed by atoms with E-state index in [-0.39, 0.29) is 29.1 Å². The van der Waals surface area contributed by atoms with E-state index in [0.717, 1.165) is 51.0 Å². The van der Waals surface area contributed by atoms with Crippen LogP contribution in [-0.2, 0) is 16.0 Å². The van der Waals surface area contributed by atoms with Gasteiger partial charge in [0.05, 0.1) is 11.2 Å². The van der Waals surface area contributed by atoms with Crippen molar-refractivity contribution >= 4 is 35.0 Å². The fourth-order valence-electron chi connectivity index (χ4n) is 6.42. The first kappa shape index (κ1) is 24.1. The van der Waals surface area contributed by atoms with Crippen LogP contribution in [0.3, 0.4) is 0 Å². The van der Waals surface area contributed by atoms with Gasteiger partial charge in [-0.2, -0.15) is 4.98 Å². The second-order valence-electron chi connectivity index (χ2n) is 11.1. The lowest BCUT2D eigenvalue weighted by Gasteiger charge is -2.56. The highest BCUT2D eigenvalue weighted by atomic mass is 19.1. The van der Waals surface area contributed by atoms with E-state index in [4.69, 9.17) is 4.98 Å². The van der Waals surface area contributed by atoms with Gasteiger partial charge in [-0.05, 0) is 49.8 Å². The average molecular weight is 508 g/mol. The normalized spacial score (nSPS) is 24.8. The Morgan fingerprint density at radius 3 is 2.51 bits per heavy atom. The first-order valence-electron chi connectivity index (χ1n) is 13.4. The number of amides is 2. The van der Waals surface area contributed by atoms with Crippen LogP contribution >= 0.6 is 0 Å². The summed E-state index contributed by atoms with van der Waals surface area (Å²) in [6.45, 7) is 7.95. The molecule has 0 unspecified atom stereocenters. The summed E-state index contributed by atoms with van der Waals surface area (Å²) in [4.78, 5) is 40.2. The van der Waals surface area contributed by atoms with Gasteiger partial charge in [0.15, 0.2) is 0 Å². The quantitative estimate of drug-likeness (QED) is 0.535. The van der Waals surface area contributed by atoms with Crippen LogP contribution in [-0.4, -0.2) is 60.0 Å². The molecular weight excluding hydrogens is 473 g/mol. The zero-order valence-corrected chi connectivity index (χ0v) is 21.4.